The van der Waals surface area contributed by atoms with Crippen LogP contribution in [0.25, 0.3) is 0 Å². The minimum absolute atomic E-state index is 0.519. The fourth-order valence-corrected chi connectivity index (χ4v) is 1.85. The molecule has 1 amide bonds. The normalized spacial score (nSPS) is 11.2. The molecular weight excluding hydrogens is 285 g/mol. The predicted molar refractivity (Wildman–Crippen MR) is 58.5 cm³/mol. The maximum absolute atomic E-state index is 13.0. The Labute approximate surface area is 106 Å². The van der Waals surface area contributed by atoms with Crippen LogP contribution in [-0.4, -0.2) is 25.9 Å². The first-order valence-corrected chi connectivity index (χ1v) is 6.08. The Morgan fingerprint density at radius 2 is 2.16 bits per heavy atom. The van der Waals surface area contributed by atoms with Crippen LogP contribution in [-0.2, 0) is 19.7 Å². The highest BCUT2D eigenvalue weighted by molar-refractivity contribution is 7.89. The van der Waals surface area contributed by atoms with Gasteiger partial charge in [-0.3, -0.25) is 19.7 Å². The van der Waals surface area contributed by atoms with Crippen LogP contribution in [0.4, 0.5) is 10.1 Å². The molecule has 1 rings (SSSR count). The van der Waals surface area contributed by atoms with Crippen LogP contribution in [0.5, 0.6) is 0 Å². The Morgan fingerprint density at radius 3 is 2.68 bits per heavy atom. The molecule has 104 valence electrons. The third kappa shape index (κ3) is 3.94. The highest BCUT2D eigenvalue weighted by atomic mass is 32.2. The number of amides is 1. The van der Waals surface area contributed by atoms with Gasteiger partial charge < -0.3 is 5.73 Å². The molecule has 19 heavy (non-hydrogen) atoms. The zero-order chi connectivity index (χ0) is 14.6. The number of halogens is 1. The topological polar surface area (TPSA) is 142 Å². The van der Waals surface area contributed by atoms with Gasteiger partial charge in [0.05, 0.1) is 9.82 Å². The van der Waals surface area contributed by atoms with Crippen molar-refractivity contribution in [3.63, 3.8) is 0 Å². The van der Waals surface area contributed by atoms with Gasteiger partial charge in [-0.1, -0.05) is 4.89 Å². The first kappa shape index (κ1) is 14.9. The molecule has 0 heterocycles. The first-order chi connectivity index (χ1) is 8.74. The molecule has 0 aliphatic heterocycles. The van der Waals surface area contributed by atoms with Crippen molar-refractivity contribution in [3.8, 4) is 0 Å². The SMILES string of the molecule is NC(=O)CONS(=O)(=O)c1ccc(F)c([N+](=O)[O-])c1. The van der Waals surface area contributed by atoms with Gasteiger partial charge in [0.15, 0.2) is 0 Å². The average molecular weight is 293 g/mol. The van der Waals surface area contributed by atoms with Crippen molar-refractivity contribution in [2.24, 2.45) is 5.73 Å². The fourth-order valence-electron chi connectivity index (χ4n) is 1.03. The second-order valence-electron chi connectivity index (χ2n) is 3.21. The summed E-state index contributed by atoms with van der Waals surface area (Å²) in [5.41, 5.74) is 3.70. The number of rotatable bonds is 6. The highest BCUT2D eigenvalue weighted by Gasteiger charge is 2.21. The number of hydrogen-bond donors (Lipinski definition) is 2. The summed E-state index contributed by atoms with van der Waals surface area (Å²) >= 11 is 0. The summed E-state index contributed by atoms with van der Waals surface area (Å²) in [6, 6.07) is 1.95. The van der Waals surface area contributed by atoms with E-state index in [2.05, 4.69) is 4.84 Å². The molecule has 0 aliphatic rings. The van der Waals surface area contributed by atoms with E-state index in [1.165, 1.54) is 4.89 Å². The summed E-state index contributed by atoms with van der Waals surface area (Å²) in [5.74, 6) is -2.10. The maximum atomic E-state index is 13.0. The van der Waals surface area contributed by atoms with Crippen molar-refractivity contribution in [2.45, 2.75) is 4.90 Å². The van der Waals surface area contributed by atoms with Crippen molar-refractivity contribution >= 4 is 21.6 Å². The lowest BCUT2D eigenvalue weighted by molar-refractivity contribution is -0.387. The number of sulfonamides is 1. The lowest BCUT2D eigenvalue weighted by Gasteiger charge is -2.05. The molecule has 3 N–H and O–H groups in total. The number of nitro benzene ring substituents is 1. The number of nitrogens with two attached hydrogens (primary N) is 1. The van der Waals surface area contributed by atoms with E-state index < -0.39 is 43.9 Å². The summed E-state index contributed by atoms with van der Waals surface area (Å²) in [6.45, 7) is -0.720. The zero-order valence-electron chi connectivity index (χ0n) is 9.20. The number of benzene rings is 1. The Kier molecular flexibility index (Phi) is 4.47. The van der Waals surface area contributed by atoms with Crippen molar-refractivity contribution in [1.82, 2.24) is 4.89 Å². The molecule has 0 spiro atoms. The second-order valence-corrected chi connectivity index (χ2v) is 4.86. The summed E-state index contributed by atoms with van der Waals surface area (Å²) in [7, 11) is -4.28. The Balaban J connectivity index is 2.99. The number of hydrogen-bond acceptors (Lipinski definition) is 6. The van der Waals surface area contributed by atoms with Crippen LogP contribution >= 0.6 is 0 Å². The first-order valence-electron chi connectivity index (χ1n) is 4.60. The quantitative estimate of drug-likeness (QED) is 0.531. The van der Waals surface area contributed by atoms with E-state index >= 15 is 0 Å². The van der Waals surface area contributed by atoms with E-state index in [-0.39, 0.29) is 0 Å². The highest BCUT2D eigenvalue weighted by Crippen LogP contribution is 2.21. The number of nitro groups is 1. The number of primary amides is 1. The van der Waals surface area contributed by atoms with E-state index in [1.54, 1.807) is 0 Å². The van der Waals surface area contributed by atoms with Gasteiger partial charge in [-0.05, 0) is 12.1 Å². The molecule has 0 bridgehead atoms. The Bertz CT molecular complexity index is 617. The summed E-state index contributed by atoms with van der Waals surface area (Å²) < 4.78 is 36.2. The van der Waals surface area contributed by atoms with Crippen LogP contribution in [0.1, 0.15) is 0 Å². The third-order valence-electron chi connectivity index (χ3n) is 1.81. The zero-order valence-corrected chi connectivity index (χ0v) is 10.0. The van der Waals surface area contributed by atoms with Crippen LogP contribution in [0.3, 0.4) is 0 Å². The molecule has 0 fully saturated rings. The standard InChI is InChI=1S/C8H8FN3O6S/c9-6-2-1-5(3-7(6)12(14)15)19(16,17)11-18-4-8(10)13/h1-3,11H,4H2,(H2,10,13). The number of nitrogens with zero attached hydrogens (tertiary/aromatic N) is 1. The molecule has 0 unspecified atom stereocenters. The minimum atomic E-state index is -4.28. The van der Waals surface area contributed by atoms with Crippen LogP contribution < -0.4 is 10.6 Å². The van der Waals surface area contributed by atoms with Gasteiger partial charge in [0, 0.05) is 6.07 Å². The van der Waals surface area contributed by atoms with E-state index in [0.717, 1.165) is 6.07 Å². The lowest BCUT2D eigenvalue weighted by Crippen LogP contribution is -2.29. The van der Waals surface area contributed by atoms with Gasteiger partial charge in [-0.15, -0.1) is 0 Å². The Hall–Kier alpha value is -2.11. The minimum Gasteiger partial charge on any atom is -0.368 e. The van der Waals surface area contributed by atoms with Gasteiger partial charge >= 0.3 is 5.69 Å². The van der Waals surface area contributed by atoms with E-state index in [4.69, 9.17) is 5.73 Å². The third-order valence-corrected chi connectivity index (χ3v) is 3.02. The van der Waals surface area contributed by atoms with Gasteiger partial charge in [0.1, 0.15) is 6.61 Å². The fraction of sp³-hybridized carbons (Fsp3) is 0.125. The van der Waals surface area contributed by atoms with Crippen LogP contribution in [0.2, 0.25) is 0 Å². The molecule has 0 radical (unpaired) electrons. The molecule has 0 aliphatic carbocycles. The number of nitrogens with one attached hydrogen (secondary N) is 1. The number of carbonyl (C=O) groups is 1. The number of carbonyl (C=O) groups excluding carboxylic acids is 1. The summed E-state index contributed by atoms with van der Waals surface area (Å²) in [6.07, 6.45) is 0. The van der Waals surface area contributed by atoms with E-state index in [0.29, 0.717) is 12.1 Å². The monoisotopic (exact) mass is 293 g/mol. The molecule has 0 saturated heterocycles. The van der Waals surface area contributed by atoms with Gasteiger partial charge in [-0.2, -0.15) is 4.39 Å². The maximum Gasteiger partial charge on any atom is 0.306 e. The van der Waals surface area contributed by atoms with Crippen molar-refractivity contribution in [3.05, 3.63) is 34.1 Å². The molecule has 1 aromatic carbocycles. The van der Waals surface area contributed by atoms with Gasteiger partial charge in [-0.25, -0.2) is 8.42 Å². The summed E-state index contributed by atoms with van der Waals surface area (Å²) in [5, 5.41) is 10.5. The summed E-state index contributed by atoms with van der Waals surface area (Å²) in [4.78, 5) is 24.9. The van der Waals surface area contributed by atoms with Crippen LogP contribution in [0, 0.1) is 15.9 Å². The predicted octanol–water partition coefficient (Wildman–Crippen LogP) is -0.571. The van der Waals surface area contributed by atoms with Crippen molar-refractivity contribution < 1.29 is 27.4 Å². The Morgan fingerprint density at radius 1 is 1.53 bits per heavy atom. The second kappa shape index (κ2) is 5.69. The van der Waals surface area contributed by atoms with Crippen LogP contribution in [0.15, 0.2) is 23.1 Å². The van der Waals surface area contributed by atoms with Crippen molar-refractivity contribution in [1.29, 1.82) is 0 Å². The lowest BCUT2D eigenvalue weighted by atomic mass is 10.3. The molecule has 11 heteroatoms. The molecule has 0 aromatic heterocycles. The molecule has 9 nitrogen and oxygen atoms in total. The largest absolute Gasteiger partial charge is 0.368 e. The molecule has 0 saturated carbocycles. The molecular formula is C8H8FN3O6S. The van der Waals surface area contributed by atoms with E-state index in [9.17, 15) is 27.7 Å². The van der Waals surface area contributed by atoms with E-state index in [1.807, 2.05) is 0 Å². The molecule has 1 aromatic rings. The smallest absolute Gasteiger partial charge is 0.306 e. The van der Waals surface area contributed by atoms with Gasteiger partial charge in [0.2, 0.25) is 11.7 Å². The van der Waals surface area contributed by atoms with Gasteiger partial charge in [0.25, 0.3) is 10.0 Å². The van der Waals surface area contributed by atoms with Crippen molar-refractivity contribution in [2.75, 3.05) is 6.61 Å². The average Bonchev–Trinajstić information content (AvgIpc) is 2.27. The molecule has 0 atom stereocenters.